The molecule has 2 heterocycles. The van der Waals surface area contributed by atoms with Crippen LogP contribution in [-0.4, -0.2) is 26.3 Å². The van der Waals surface area contributed by atoms with E-state index in [-0.39, 0.29) is 29.6 Å². The molecule has 0 saturated carbocycles. The monoisotopic (exact) mass is 461 g/mol. The number of ether oxygens (including phenoxy) is 1. The molecule has 5 N–H and O–H groups in total. The predicted octanol–water partition coefficient (Wildman–Crippen LogP) is 5.01. The number of benzene rings is 1. The first-order valence-electron chi connectivity index (χ1n) is 9.10. The van der Waals surface area contributed by atoms with Gasteiger partial charge in [0, 0.05) is 17.6 Å². The number of nitrogens with zero attached hydrogens (tertiary/aromatic N) is 3. The second-order valence-electron chi connectivity index (χ2n) is 6.45. The van der Waals surface area contributed by atoms with Gasteiger partial charge in [0.2, 0.25) is 17.8 Å². The summed E-state index contributed by atoms with van der Waals surface area (Å²) in [4.78, 5) is 14.9. The summed E-state index contributed by atoms with van der Waals surface area (Å²) in [7, 11) is 0. The molecule has 0 spiro atoms. The van der Waals surface area contributed by atoms with Crippen LogP contribution in [-0.2, 0) is 6.18 Å². The lowest BCUT2D eigenvalue weighted by molar-refractivity contribution is -0.276. The van der Waals surface area contributed by atoms with Crippen molar-refractivity contribution in [2.24, 2.45) is 0 Å². The van der Waals surface area contributed by atoms with E-state index in [9.17, 15) is 26.3 Å². The van der Waals surface area contributed by atoms with Crippen molar-refractivity contribution in [1.29, 1.82) is 0 Å². The van der Waals surface area contributed by atoms with Crippen LogP contribution >= 0.6 is 0 Å². The minimum atomic E-state index is -5.28. The average molecular weight is 461 g/mol. The number of H-pyrrole nitrogens is 1. The van der Waals surface area contributed by atoms with Gasteiger partial charge in [0.05, 0.1) is 11.6 Å². The molecule has 0 aliphatic heterocycles. The maximum Gasteiger partial charge on any atom is 0.573 e. The predicted molar refractivity (Wildman–Crippen MR) is 103 cm³/mol. The van der Waals surface area contributed by atoms with Gasteiger partial charge in [-0.05, 0) is 36.8 Å². The molecule has 1 atom stereocenters. The number of aromatic amines is 1. The first-order chi connectivity index (χ1) is 14.9. The fourth-order valence-corrected chi connectivity index (χ4v) is 2.80. The molecule has 3 aromatic rings. The largest absolute Gasteiger partial charge is 0.573 e. The lowest BCUT2D eigenvalue weighted by Gasteiger charge is -2.18. The topological polar surface area (TPSA) is 114 Å². The van der Waals surface area contributed by atoms with E-state index >= 15 is 0 Å². The van der Waals surface area contributed by atoms with Crippen molar-refractivity contribution in [1.82, 2.24) is 19.9 Å². The number of rotatable bonds is 7. The van der Waals surface area contributed by atoms with Crippen LogP contribution < -0.4 is 21.1 Å². The Kier molecular flexibility index (Phi) is 6.32. The minimum Gasteiger partial charge on any atom is -0.405 e. The maximum absolute atomic E-state index is 13.2. The van der Waals surface area contributed by atoms with Gasteiger partial charge in [-0.2, -0.15) is 28.1 Å². The molecule has 2 aromatic heterocycles. The van der Waals surface area contributed by atoms with Gasteiger partial charge in [-0.15, -0.1) is 13.2 Å². The quantitative estimate of drug-likeness (QED) is 0.366. The summed E-state index contributed by atoms with van der Waals surface area (Å²) in [5.41, 5.74) is 4.65. The number of nitrogens with one attached hydrogen (secondary N) is 3. The molecule has 1 unspecified atom stereocenters. The molecule has 1 aromatic carbocycles. The van der Waals surface area contributed by atoms with Gasteiger partial charge in [0.15, 0.2) is 0 Å². The van der Waals surface area contributed by atoms with Crippen LogP contribution in [0.25, 0.3) is 0 Å². The van der Waals surface area contributed by atoms with Crippen LogP contribution in [0.5, 0.6) is 5.75 Å². The van der Waals surface area contributed by atoms with Gasteiger partial charge in [0.25, 0.3) is 0 Å². The van der Waals surface area contributed by atoms with E-state index in [1.54, 1.807) is 12.3 Å². The lowest BCUT2D eigenvalue weighted by atomic mass is 10.1. The lowest BCUT2D eigenvalue weighted by Crippen LogP contribution is -2.20. The van der Waals surface area contributed by atoms with Crippen molar-refractivity contribution in [2.75, 3.05) is 16.4 Å². The van der Waals surface area contributed by atoms with E-state index in [4.69, 9.17) is 5.73 Å². The Balaban J connectivity index is 1.87. The molecule has 172 valence electrons. The minimum absolute atomic E-state index is 0.0505. The Bertz CT molecular complexity index is 1050. The van der Waals surface area contributed by atoms with Crippen molar-refractivity contribution < 1.29 is 31.1 Å². The third-order valence-corrected chi connectivity index (χ3v) is 4.13. The number of alkyl halides is 6. The van der Waals surface area contributed by atoms with Crippen LogP contribution in [0.1, 0.15) is 30.6 Å². The highest BCUT2D eigenvalue weighted by atomic mass is 19.4. The molecule has 0 saturated heterocycles. The fourth-order valence-electron chi connectivity index (χ4n) is 2.80. The number of anilines is 4. The Hall–Kier alpha value is -3.71. The van der Waals surface area contributed by atoms with E-state index in [1.807, 2.05) is 13.0 Å². The third-order valence-electron chi connectivity index (χ3n) is 4.13. The highest BCUT2D eigenvalue weighted by molar-refractivity contribution is 5.59. The second kappa shape index (κ2) is 8.80. The number of hydrogen-bond donors (Lipinski definition) is 4. The molecule has 0 fully saturated rings. The number of halogens is 6. The average Bonchev–Trinajstić information content (AvgIpc) is 3.19. The third kappa shape index (κ3) is 5.92. The zero-order valence-electron chi connectivity index (χ0n) is 16.3. The summed E-state index contributed by atoms with van der Waals surface area (Å²) in [5.74, 6) is -1.77. The van der Waals surface area contributed by atoms with Crippen molar-refractivity contribution in [3.63, 3.8) is 0 Å². The van der Waals surface area contributed by atoms with Crippen LogP contribution in [0, 0.1) is 0 Å². The van der Waals surface area contributed by atoms with E-state index < -0.39 is 23.9 Å². The van der Waals surface area contributed by atoms with E-state index in [1.165, 1.54) is 0 Å². The zero-order valence-corrected chi connectivity index (χ0v) is 16.3. The number of nitrogen functional groups attached to an aromatic ring is 1. The Morgan fingerprint density at radius 1 is 1.06 bits per heavy atom. The zero-order chi connectivity index (χ0) is 23.5. The van der Waals surface area contributed by atoms with Crippen LogP contribution in [0.15, 0.2) is 36.5 Å². The Morgan fingerprint density at radius 2 is 1.78 bits per heavy atom. The van der Waals surface area contributed by atoms with Gasteiger partial charge in [0.1, 0.15) is 5.75 Å². The normalized spacial score (nSPS) is 13.0. The molecule has 3 rings (SSSR count). The molecule has 14 heteroatoms. The standard InChI is InChI=1S/C18H17F6N7O/c1-2-11(12-4-3-7-26-12)28-16-30-14(25)29-15(31-16)27-9-5-6-13(32-18(22,23)24)10(8-9)17(19,20)21/h3-8,11,26H,2H2,1H3,(H4,25,27,28,29,30,31). The summed E-state index contributed by atoms with van der Waals surface area (Å²) < 4.78 is 80.5. The SMILES string of the molecule is CCC(Nc1nc(N)nc(Nc2ccc(OC(F)(F)F)c(C(F)(F)F)c2)n1)c1ccc[nH]1. The summed E-state index contributed by atoms with van der Waals surface area (Å²) in [6, 6.07) is 5.38. The highest BCUT2D eigenvalue weighted by Crippen LogP contribution is 2.40. The van der Waals surface area contributed by atoms with Crippen LogP contribution in [0.3, 0.4) is 0 Å². The van der Waals surface area contributed by atoms with Crippen LogP contribution in [0.4, 0.5) is 49.9 Å². The van der Waals surface area contributed by atoms with Crippen LogP contribution in [0.2, 0.25) is 0 Å². The summed E-state index contributed by atoms with van der Waals surface area (Å²) >= 11 is 0. The molecule has 0 amide bonds. The Morgan fingerprint density at radius 3 is 2.38 bits per heavy atom. The van der Waals surface area contributed by atoms with E-state index in [2.05, 4.69) is 35.3 Å². The maximum atomic E-state index is 13.2. The number of hydrogen-bond acceptors (Lipinski definition) is 7. The van der Waals surface area contributed by atoms with Gasteiger partial charge >= 0.3 is 12.5 Å². The molecule has 0 bridgehead atoms. The highest BCUT2D eigenvalue weighted by Gasteiger charge is 2.39. The van der Waals surface area contributed by atoms with Crippen molar-refractivity contribution in [3.8, 4) is 5.75 Å². The molecule has 0 radical (unpaired) electrons. The summed E-state index contributed by atoms with van der Waals surface area (Å²) in [5, 5.41) is 5.52. The van der Waals surface area contributed by atoms with Crippen molar-refractivity contribution in [2.45, 2.75) is 31.9 Å². The molecule has 0 aliphatic rings. The van der Waals surface area contributed by atoms with Gasteiger partial charge in [-0.3, -0.25) is 0 Å². The summed E-state index contributed by atoms with van der Waals surface area (Å²) in [6.45, 7) is 1.91. The summed E-state index contributed by atoms with van der Waals surface area (Å²) in [6.07, 6.45) is -8.01. The Labute approximate surface area is 177 Å². The molecular formula is C18H17F6N7O. The first kappa shape index (κ1) is 23.0. The number of nitrogens with two attached hydrogens (primary N) is 1. The molecule has 32 heavy (non-hydrogen) atoms. The smallest absolute Gasteiger partial charge is 0.405 e. The van der Waals surface area contributed by atoms with Gasteiger partial charge < -0.3 is 26.1 Å². The second-order valence-corrected chi connectivity index (χ2v) is 6.45. The van der Waals surface area contributed by atoms with E-state index in [0.29, 0.717) is 18.6 Å². The molecule has 0 aliphatic carbocycles. The van der Waals surface area contributed by atoms with Crippen molar-refractivity contribution >= 4 is 23.5 Å². The van der Waals surface area contributed by atoms with E-state index in [0.717, 1.165) is 11.8 Å². The van der Waals surface area contributed by atoms with Crippen molar-refractivity contribution in [3.05, 3.63) is 47.8 Å². The molecule has 8 nitrogen and oxygen atoms in total. The molecular weight excluding hydrogens is 444 g/mol. The fraction of sp³-hybridized carbons (Fsp3) is 0.278. The number of aromatic nitrogens is 4. The van der Waals surface area contributed by atoms with Gasteiger partial charge in [-0.1, -0.05) is 6.92 Å². The van der Waals surface area contributed by atoms with Gasteiger partial charge in [-0.25, -0.2) is 0 Å². The first-order valence-corrected chi connectivity index (χ1v) is 9.10.